The molecule has 1 aliphatic carbocycles. The normalized spacial score (nSPS) is 35.7. The average molecular weight is 161 g/mol. The molecule has 2 aliphatic rings. The highest BCUT2D eigenvalue weighted by molar-refractivity contribution is 6.22. The summed E-state index contributed by atoms with van der Waals surface area (Å²) in [5, 5.41) is 0. The van der Waals surface area contributed by atoms with E-state index in [1.165, 1.54) is 31.5 Å². The zero-order valence-corrected chi connectivity index (χ0v) is 8.01. The molecule has 0 aromatic heterocycles. The zero-order valence-electron chi connectivity index (χ0n) is 8.01. The molecule has 1 aliphatic heterocycles. The molecule has 0 aromatic carbocycles. The van der Waals surface area contributed by atoms with Crippen molar-refractivity contribution in [2.45, 2.75) is 26.2 Å². The van der Waals surface area contributed by atoms with Crippen LogP contribution in [0.4, 0.5) is 0 Å². The lowest BCUT2D eigenvalue weighted by atomic mass is 9.72. The third-order valence-corrected chi connectivity index (χ3v) is 3.39. The minimum atomic E-state index is 0.608. The molecule has 0 saturated carbocycles. The summed E-state index contributed by atoms with van der Waals surface area (Å²) in [7, 11) is 8.26. The Morgan fingerprint density at radius 1 is 1.33 bits per heavy atom. The molecule has 2 radical (unpaired) electrons. The number of nitrogens with zero attached hydrogens (tertiary/aromatic N) is 1. The van der Waals surface area contributed by atoms with Crippen molar-refractivity contribution in [2.75, 3.05) is 13.6 Å². The third-order valence-electron chi connectivity index (χ3n) is 3.39. The molecular formula is C10H16BN. The minimum absolute atomic E-state index is 0.608. The monoisotopic (exact) mass is 161 g/mol. The fraction of sp³-hybridized carbons (Fsp3) is 0.800. The highest BCUT2D eigenvalue weighted by Crippen LogP contribution is 2.39. The van der Waals surface area contributed by atoms with Crippen LogP contribution in [0, 0.1) is 11.8 Å². The Labute approximate surface area is 76.2 Å². The van der Waals surface area contributed by atoms with Gasteiger partial charge in [0.25, 0.3) is 0 Å². The van der Waals surface area contributed by atoms with Crippen molar-refractivity contribution in [3.8, 4) is 0 Å². The molecule has 1 saturated heterocycles. The van der Waals surface area contributed by atoms with E-state index in [2.05, 4.69) is 18.9 Å². The van der Waals surface area contributed by atoms with Gasteiger partial charge in [-0.3, -0.25) is 0 Å². The van der Waals surface area contributed by atoms with Gasteiger partial charge in [0.15, 0.2) is 0 Å². The molecule has 2 unspecified atom stereocenters. The van der Waals surface area contributed by atoms with Crippen molar-refractivity contribution >= 4 is 7.85 Å². The topological polar surface area (TPSA) is 3.24 Å². The quantitative estimate of drug-likeness (QED) is 0.489. The first-order valence-corrected chi connectivity index (χ1v) is 4.91. The first-order chi connectivity index (χ1) is 5.70. The summed E-state index contributed by atoms with van der Waals surface area (Å²) in [4.78, 5) is 2.34. The maximum Gasteiger partial charge on any atom is 0.110 e. The van der Waals surface area contributed by atoms with Crippen molar-refractivity contribution in [3.63, 3.8) is 0 Å². The lowest BCUT2D eigenvalue weighted by Gasteiger charge is -2.30. The van der Waals surface area contributed by atoms with E-state index in [0.717, 1.165) is 11.4 Å². The van der Waals surface area contributed by atoms with Crippen LogP contribution < -0.4 is 0 Å². The summed E-state index contributed by atoms with van der Waals surface area (Å²) in [6.07, 6.45) is 3.95. The van der Waals surface area contributed by atoms with E-state index in [1.807, 2.05) is 0 Å². The number of likely N-dealkylation sites (tertiary alicyclic amines) is 1. The van der Waals surface area contributed by atoms with E-state index in [-0.39, 0.29) is 0 Å². The molecule has 12 heavy (non-hydrogen) atoms. The van der Waals surface area contributed by atoms with E-state index in [1.54, 1.807) is 0 Å². The number of hydrogen-bond acceptors (Lipinski definition) is 1. The summed E-state index contributed by atoms with van der Waals surface area (Å²) >= 11 is 0. The van der Waals surface area contributed by atoms with E-state index in [0.29, 0.717) is 5.92 Å². The Morgan fingerprint density at radius 3 is 2.83 bits per heavy atom. The Kier molecular flexibility index (Phi) is 1.93. The van der Waals surface area contributed by atoms with Crippen LogP contribution in [0.25, 0.3) is 0 Å². The molecule has 2 rings (SSSR count). The predicted octanol–water partition coefficient (Wildman–Crippen LogP) is 1.75. The van der Waals surface area contributed by atoms with Crippen molar-refractivity contribution in [2.24, 2.45) is 11.8 Å². The van der Waals surface area contributed by atoms with Crippen molar-refractivity contribution < 1.29 is 0 Å². The van der Waals surface area contributed by atoms with Crippen LogP contribution >= 0.6 is 0 Å². The number of hydrogen-bond donors (Lipinski definition) is 0. The van der Waals surface area contributed by atoms with Crippen molar-refractivity contribution in [1.29, 1.82) is 0 Å². The molecule has 1 fully saturated rings. The summed E-state index contributed by atoms with van der Waals surface area (Å²) in [6, 6.07) is 0. The first-order valence-electron chi connectivity index (χ1n) is 4.91. The summed E-state index contributed by atoms with van der Waals surface area (Å²) in [6.45, 7) is 3.44. The Bertz CT molecular complexity index is 222. The predicted molar refractivity (Wildman–Crippen MR) is 51.9 cm³/mol. The van der Waals surface area contributed by atoms with Gasteiger partial charge in [0.2, 0.25) is 0 Å². The molecule has 0 bridgehead atoms. The smallest absolute Gasteiger partial charge is 0.110 e. The molecule has 0 N–H and O–H groups in total. The van der Waals surface area contributed by atoms with Crippen LogP contribution in [0.5, 0.6) is 0 Å². The van der Waals surface area contributed by atoms with Crippen LogP contribution in [0.1, 0.15) is 26.2 Å². The summed E-state index contributed by atoms with van der Waals surface area (Å²) in [5.74, 6) is 1.39. The number of fused-ring (bicyclic) bond motifs is 1. The van der Waals surface area contributed by atoms with Crippen molar-refractivity contribution in [3.05, 3.63) is 11.2 Å². The molecule has 64 valence electrons. The van der Waals surface area contributed by atoms with Crippen LogP contribution in [0.15, 0.2) is 11.2 Å². The molecular weight excluding hydrogens is 145 g/mol. The third kappa shape index (κ3) is 1.08. The van der Waals surface area contributed by atoms with Gasteiger partial charge in [0, 0.05) is 19.3 Å². The van der Waals surface area contributed by atoms with Crippen LogP contribution in [0.2, 0.25) is 0 Å². The molecule has 2 heteroatoms. The fourth-order valence-electron chi connectivity index (χ4n) is 2.51. The molecule has 0 amide bonds. The Balaban J connectivity index is 2.33. The Morgan fingerprint density at radius 2 is 2.08 bits per heavy atom. The highest BCUT2D eigenvalue weighted by atomic mass is 15.1. The van der Waals surface area contributed by atoms with Gasteiger partial charge in [-0.05, 0) is 31.1 Å². The van der Waals surface area contributed by atoms with E-state index in [4.69, 9.17) is 7.85 Å². The molecule has 2 atom stereocenters. The fourth-order valence-corrected chi connectivity index (χ4v) is 2.51. The van der Waals surface area contributed by atoms with E-state index in [9.17, 15) is 0 Å². The van der Waals surface area contributed by atoms with Gasteiger partial charge < -0.3 is 4.90 Å². The highest BCUT2D eigenvalue weighted by Gasteiger charge is 2.31. The maximum atomic E-state index is 6.09. The summed E-state index contributed by atoms with van der Waals surface area (Å²) < 4.78 is 0. The lowest BCUT2D eigenvalue weighted by molar-refractivity contribution is 0.416. The standard InChI is InChI=1S/C10H16BN/c1-7-3-4-8-5-6-12(2)10(8)9(7)11/h7-8H,3-6H2,1-2H3. The average Bonchev–Trinajstić information content (AvgIpc) is 2.41. The van der Waals surface area contributed by atoms with E-state index < -0.39 is 0 Å². The number of rotatable bonds is 0. The number of allylic oxidation sites excluding steroid dienone is 2. The second-order valence-electron chi connectivity index (χ2n) is 4.23. The van der Waals surface area contributed by atoms with Gasteiger partial charge in [-0.25, -0.2) is 0 Å². The van der Waals surface area contributed by atoms with Gasteiger partial charge >= 0.3 is 0 Å². The largest absolute Gasteiger partial charge is 0.378 e. The Hall–Kier alpha value is -0.395. The lowest BCUT2D eigenvalue weighted by Crippen LogP contribution is -2.21. The zero-order chi connectivity index (χ0) is 8.72. The molecule has 1 nitrogen and oxygen atoms in total. The van der Waals surface area contributed by atoms with Gasteiger partial charge in [-0.15, -0.1) is 0 Å². The van der Waals surface area contributed by atoms with Gasteiger partial charge in [-0.1, -0.05) is 12.4 Å². The van der Waals surface area contributed by atoms with Crippen LogP contribution in [-0.4, -0.2) is 26.3 Å². The first kappa shape index (κ1) is 8.21. The van der Waals surface area contributed by atoms with Crippen molar-refractivity contribution in [1.82, 2.24) is 4.90 Å². The second-order valence-corrected chi connectivity index (χ2v) is 4.23. The minimum Gasteiger partial charge on any atom is -0.378 e. The molecule has 0 aromatic rings. The van der Waals surface area contributed by atoms with Gasteiger partial charge in [-0.2, -0.15) is 0 Å². The van der Waals surface area contributed by atoms with Gasteiger partial charge in [0.05, 0.1) is 0 Å². The maximum absolute atomic E-state index is 6.09. The molecule has 0 spiro atoms. The van der Waals surface area contributed by atoms with E-state index >= 15 is 0 Å². The van der Waals surface area contributed by atoms with Crippen LogP contribution in [0.3, 0.4) is 0 Å². The second kappa shape index (κ2) is 2.83. The van der Waals surface area contributed by atoms with Crippen LogP contribution in [-0.2, 0) is 0 Å². The van der Waals surface area contributed by atoms with Gasteiger partial charge in [0.1, 0.15) is 7.85 Å². The molecule has 1 heterocycles. The SMILES string of the molecule is [B]C1=C2C(CCC1C)CCN2C. The summed E-state index contributed by atoms with van der Waals surface area (Å²) in [5.41, 5.74) is 2.61.